The van der Waals surface area contributed by atoms with Crippen molar-refractivity contribution in [2.45, 2.75) is 13.5 Å². The number of ether oxygens (including phenoxy) is 4. The summed E-state index contributed by atoms with van der Waals surface area (Å²) in [7, 11) is 6.28. The molecule has 0 heterocycles. The molecule has 0 bridgehead atoms. The Bertz CT molecular complexity index is 597. The number of amides is 1. The van der Waals surface area contributed by atoms with Crippen LogP contribution in [0.4, 0.5) is 0 Å². The Morgan fingerprint density at radius 1 is 1.00 bits per heavy atom. The van der Waals surface area contributed by atoms with E-state index in [4.69, 9.17) is 18.9 Å². The first kappa shape index (κ1) is 22.4. The van der Waals surface area contributed by atoms with Crippen LogP contribution in [0.25, 0.3) is 0 Å². The van der Waals surface area contributed by atoms with Gasteiger partial charge in [-0.1, -0.05) is 0 Å². The zero-order valence-electron chi connectivity index (χ0n) is 16.7. The van der Waals surface area contributed by atoms with E-state index in [1.54, 1.807) is 28.4 Å². The second-order valence-corrected chi connectivity index (χ2v) is 5.43. The third kappa shape index (κ3) is 7.61. The van der Waals surface area contributed by atoms with E-state index in [0.29, 0.717) is 49.4 Å². The molecule has 1 aromatic carbocycles. The van der Waals surface area contributed by atoms with Crippen molar-refractivity contribution >= 4 is 11.9 Å². The van der Waals surface area contributed by atoms with Gasteiger partial charge in [-0.05, 0) is 24.6 Å². The van der Waals surface area contributed by atoms with Crippen LogP contribution in [0.2, 0.25) is 0 Å². The van der Waals surface area contributed by atoms with Crippen LogP contribution in [-0.2, 0) is 16.1 Å². The molecule has 0 aliphatic carbocycles. The molecule has 152 valence electrons. The van der Waals surface area contributed by atoms with E-state index in [1.807, 2.05) is 19.1 Å². The zero-order valence-corrected chi connectivity index (χ0v) is 16.7. The van der Waals surface area contributed by atoms with Gasteiger partial charge in [0, 0.05) is 20.2 Å². The molecule has 0 aromatic heterocycles. The first-order chi connectivity index (χ1) is 13.1. The molecule has 27 heavy (non-hydrogen) atoms. The normalized spacial score (nSPS) is 10.9. The number of carbonyl (C=O) groups is 1. The van der Waals surface area contributed by atoms with Crippen molar-refractivity contribution in [1.82, 2.24) is 16.0 Å². The van der Waals surface area contributed by atoms with Crippen LogP contribution in [0.15, 0.2) is 17.1 Å². The first-order valence-corrected chi connectivity index (χ1v) is 8.66. The average Bonchev–Trinajstić information content (AvgIpc) is 2.69. The summed E-state index contributed by atoms with van der Waals surface area (Å²) in [5, 5.41) is 8.84. The fourth-order valence-electron chi connectivity index (χ4n) is 2.26. The van der Waals surface area contributed by atoms with Gasteiger partial charge in [0.15, 0.2) is 17.5 Å². The Morgan fingerprint density at radius 3 is 2.19 bits per heavy atom. The van der Waals surface area contributed by atoms with E-state index in [2.05, 4.69) is 20.9 Å². The number of methoxy groups -OCH3 is 4. The van der Waals surface area contributed by atoms with E-state index in [0.717, 1.165) is 5.56 Å². The maximum absolute atomic E-state index is 11.8. The van der Waals surface area contributed by atoms with Gasteiger partial charge < -0.3 is 34.9 Å². The molecule has 0 saturated heterocycles. The van der Waals surface area contributed by atoms with Gasteiger partial charge in [0.2, 0.25) is 11.7 Å². The number of carbonyl (C=O) groups excluding carboxylic acids is 1. The predicted molar refractivity (Wildman–Crippen MR) is 104 cm³/mol. The molecule has 0 atom stereocenters. The van der Waals surface area contributed by atoms with E-state index in [9.17, 15) is 4.79 Å². The van der Waals surface area contributed by atoms with Gasteiger partial charge in [-0.25, -0.2) is 4.99 Å². The van der Waals surface area contributed by atoms with Crippen LogP contribution >= 0.6 is 0 Å². The van der Waals surface area contributed by atoms with Gasteiger partial charge in [-0.2, -0.15) is 0 Å². The molecule has 0 saturated carbocycles. The predicted octanol–water partition coefficient (Wildman–Crippen LogP) is 0.530. The molecule has 1 aromatic rings. The summed E-state index contributed by atoms with van der Waals surface area (Å²) >= 11 is 0. The summed E-state index contributed by atoms with van der Waals surface area (Å²) in [6.07, 6.45) is 0. The summed E-state index contributed by atoms with van der Waals surface area (Å²) in [5.74, 6) is 2.07. The largest absolute Gasteiger partial charge is 0.493 e. The lowest BCUT2D eigenvalue weighted by molar-refractivity contribution is -0.120. The van der Waals surface area contributed by atoms with Gasteiger partial charge in [-0.15, -0.1) is 0 Å². The maximum Gasteiger partial charge on any atom is 0.239 e. The summed E-state index contributed by atoms with van der Waals surface area (Å²) in [6.45, 7) is 4.06. The number of rotatable bonds is 11. The van der Waals surface area contributed by atoms with Crippen LogP contribution in [0.3, 0.4) is 0 Å². The molecule has 0 radical (unpaired) electrons. The molecular weight excluding hydrogens is 352 g/mol. The molecule has 0 aliphatic heterocycles. The average molecular weight is 382 g/mol. The molecular formula is C18H30N4O5. The van der Waals surface area contributed by atoms with Gasteiger partial charge in [0.05, 0.1) is 41.0 Å². The number of guanidine groups is 1. The zero-order chi connectivity index (χ0) is 20.1. The number of nitrogens with one attached hydrogen (secondary N) is 3. The highest BCUT2D eigenvalue weighted by atomic mass is 16.5. The number of benzene rings is 1. The highest BCUT2D eigenvalue weighted by Crippen LogP contribution is 2.38. The van der Waals surface area contributed by atoms with Crippen molar-refractivity contribution in [2.24, 2.45) is 4.99 Å². The van der Waals surface area contributed by atoms with Crippen molar-refractivity contribution in [2.75, 3.05) is 54.7 Å². The van der Waals surface area contributed by atoms with Crippen LogP contribution in [-0.4, -0.2) is 66.5 Å². The van der Waals surface area contributed by atoms with Crippen LogP contribution < -0.4 is 30.2 Å². The molecule has 0 spiro atoms. The number of aliphatic imine (C=N–C) groups is 1. The van der Waals surface area contributed by atoms with Crippen molar-refractivity contribution in [3.63, 3.8) is 0 Å². The summed E-state index contributed by atoms with van der Waals surface area (Å²) in [4.78, 5) is 16.3. The molecule has 1 amide bonds. The number of hydrogen-bond acceptors (Lipinski definition) is 6. The Labute approximate surface area is 160 Å². The standard InChI is InChI=1S/C18H30N4O5/c1-6-19-18(22-12-16(23)20-7-8-24-2)21-11-13-9-14(25-3)17(27-5)15(10-13)26-4/h9-10H,6-8,11-12H2,1-5H3,(H,20,23)(H2,19,21,22). The number of hydrogen-bond donors (Lipinski definition) is 3. The van der Waals surface area contributed by atoms with Gasteiger partial charge >= 0.3 is 0 Å². The van der Waals surface area contributed by atoms with Crippen LogP contribution in [0, 0.1) is 0 Å². The fraction of sp³-hybridized carbons (Fsp3) is 0.556. The maximum atomic E-state index is 11.8. The molecule has 9 nitrogen and oxygen atoms in total. The smallest absolute Gasteiger partial charge is 0.239 e. The highest BCUT2D eigenvalue weighted by Gasteiger charge is 2.13. The molecule has 0 fully saturated rings. The molecule has 1 rings (SSSR count). The topological polar surface area (TPSA) is 102 Å². The third-order valence-corrected chi connectivity index (χ3v) is 3.53. The summed E-state index contributed by atoms with van der Waals surface area (Å²) in [6, 6.07) is 3.68. The van der Waals surface area contributed by atoms with Crippen LogP contribution in [0.5, 0.6) is 17.2 Å². The van der Waals surface area contributed by atoms with E-state index in [1.165, 1.54) is 0 Å². The quantitative estimate of drug-likeness (QED) is 0.291. The van der Waals surface area contributed by atoms with Gasteiger partial charge in [0.25, 0.3) is 0 Å². The lowest BCUT2D eigenvalue weighted by Gasteiger charge is -2.14. The minimum atomic E-state index is -0.134. The Balaban J connectivity index is 2.78. The fourth-order valence-corrected chi connectivity index (χ4v) is 2.26. The van der Waals surface area contributed by atoms with E-state index < -0.39 is 0 Å². The van der Waals surface area contributed by atoms with Crippen LogP contribution in [0.1, 0.15) is 12.5 Å². The molecule has 0 unspecified atom stereocenters. The minimum Gasteiger partial charge on any atom is -0.493 e. The van der Waals surface area contributed by atoms with E-state index >= 15 is 0 Å². The van der Waals surface area contributed by atoms with Crippen molar-refractivity contribution in [1.29, 1.82) is 0 Å². The number of nitrogens with zero attached hydrogens (tertiary/aromatic N) is 1. The Kier molecular flexibility index (Phi) is 10.5. The lowest BCUT2D eigenvalue weighted by Crippen LogP contribution is -2.43. The lowest BCUT2D eigenvalue weighted by atomic mass is 10.2. The summed E-state index contributed by atoms with van der Waals surface area (Å²) in [5.41, 5.74) is 0.881. The third-order valence-electron chi connectivity index (χ3n) is 3.53. The second kappa shape index (κ2) is 12.6. The van der Waals surface area contributed by atoms with E-state index in [-0.39, 0.29) is 12.5 Å². The SMILES string of the molecule is CCNC(=NCc1cc(OC)c(OC)c(OC)c1)NCC(=O)NCCOC. The summed E-state index contributed by atoms with van der Waals surface area (Å²) < 4.78 is 20.9. The Morgan fingerprint density at radius 2 is 1.67 bits per heavy atom. The van der Waals surface area contributed by atoms with Gasteiger partial charge in [0.1, 0.15) is 0 Å². The Hall–Kier alpha value is -2.68. The first-order valence-electron chi connectivity index (χ1n) is 8.66. The highest BCUT2D eigenvalue weighted by molar-refractivity contribution is 5.86. The molecule has 0 aliphatic rings. The molecule has 9 heteroatoms. The van der Waals surface area contributed by atoms with Crippen molar-refractivity contribution < 1.29 is 23.7 Å². The van der Waals surface area contributed by atoms with Gasteiger partial charge in [-0.3, -0.25) is 4.79 Å². The minimum absolute atomic E-state index is 0.116. The monoisotopic (exact) mass is 382 g/mol. The van der Waals surface area contributed by atoms with Crippen molar-refractivity contribution in [3.05, 3.63) is 17.7 Å². The second-order valence-electron chi connectivity index (χ2n) is 5.43. The van der Waals surface area contributed by atoms with Crippen molar-refractivity contribution in [3.8, 4) is 17.2 Å². The molecule has 3 N–H and O–H groups in total.